The average molecular weight is 273 g/mol. The summed E-state index contributed by atoms with van der Waals surface area (Å²) in [7, 11) is 0. The summed E-state index contributed by atoms with van der Waals surface area (Å²) in [5, 5.41) is 9.53. The smallest absolute Gasteiger partial charge is 0.225 e. The lowest BCUT2D eigenvalue weighted by Gasteiger charge is -2.08. The van der Waals surface area contributed by atoms with Crippen molar-refractivity contribution in [3.63, 3.8) is 0 Å². The Bertz CT molecular complexity index is 604. The Balaban J connectivity index is 2.35. The molecule has 0 fully saturated rings. The number of nitriles is 1. The van der Waals surface area contributed by atoms with Crippen LogP contribution in [-0.4, -0.2) is 16.2 Å². The number of hydrogen-bond acceptors (Lipinski definition) is 7. The van der Waals surface area contributed by atoms with Crippen molar-refractivity contribution in [1.29, 1.82) is 5.26 Å². The third-order valence-corrected chi connectivity index (χ3v) is 2.78. The molecule has 0 amide bonds. The Morgan fingerprint density at radius 2 is 2.16 bits per heavy atom. The van der Waals surface area contributed by atoms with Gasteiger partial charge in [0.25, 0.3) is 0 Å². The first-order valence-corrected chi connectivity index (χ1v) is 6.56. The van der Waals surface area contributed by atoms with Gasteiger partial charge in [0, 0.05) is 6.07 Å². The van der Waals surface area contributed by atoms with Crippen molar-refractivity contribution in [2.75, 3.05) is 11.7 Å². The first-order valence-electron chi connectivity index (χ1n) is 5.33. The molecule has 96 valence electrons. The van der Waals surface area contributed by atoms with Crippen molar-refractivity contribution < 1.29 is 4.74 Å². The third-order valence-electron chi connectivity index (χ3n) is 2.23. The van der Waals surface area contributed by atoms with Crippen LogP contribution in [0.25, 0.3) is 0 Å². The predicted molar refractivity (Wildman–Crippen MR) is 72.9 cm³/mol. The molecule has 2 aromatic rings. The fraction of sp³-hybridized carbons (Fsp3) is 0.0833. The maximum absolute atomic E-state index is 9.00. The van der Waals surface area contributed by atoms with Gasteiger partial charge in [-0.1, -0.05) is 23.9 Å². The number of benzene rings is 1. The van der Waals surface area contributed by atoms with Gasteiger partial charge in [0.2, 0.25) is 5.88 Å². The molecule has 3 N–H and O–H groups in total. The number of hydrazine groups is 1. The summed E-state index contributed by atoms with van der Waals surface area (Å²) in [4.78, 5) is 8.32. The van der Waals surface area contributed by atoms with Crippen LogP contribution in [0.4, 0.5) is 5.82 Å². The fourth-order valence-corrected chi connectivity index (χ4v) is 1.75. The van der Waals surface area contributed by atoms with Crippen LogP contribution >= 0.6 is 11.8 Å². The maximum atomic E-state index is 9.00. The van der Waals surface area contributed by atoms with Gasteiger partial charge in [-0.05, 0) is 18.4 Å². The number of hydrogen-bond donors (Lipinski definition) is 2. The van der Waals surface area contributed by atoms with E-state index in [4.69, 9.17) is 15.8 Å². The van der Waals surface area contributed by atoms with Crippen molar-refractivity contribution in [3.05, 3.63) is 35.9 Å². The van der Waals surface area contributed by atoms with E-state index in [1.165, 1.54) is 11.8 Å². The number of para-hydroxylation sites is 1. The third kappa shape index (κ3) is 3.13. The SMILES string of the molecule is CSc1nc(NN)cc(Oc2ccccc2C#N)n1. The minimum absolute atomic E-state index is 0.329. The van der Waals surface area contributed by atoms with Gasteiger partial charge in [-0.2, -0.15) is 10.2 Å². The Morgan fingerprint density at radius 1 is 1.37 bits per heavy atom. The molecule has 0 aliphatic rings. The van der Waals surface area contributed by atoms with Gasteiger partial charge in [0.1, 0.15) is 17.6 Å². The summed E-state index contributed by atoms with van der Waals surface area (Å²) in [6.07, 6.45) is 1.85. The Kier molecular flexibility index (Phi) is 4.18. The summed E-state index contributed by atoms with van der Waals surface area (Å²) < 4.78 is 5.60. The monoisotopic (exact) mass is 273 g/mol. The van der Waals surface area contributed by atoms with Crippen LogP contribution in [0, 0.1) is 11.3 Å². The van der Waals surface area contributed by atoms with E-state index < -0.39 is 0 Å². The second-order valence-electron chi connectivity index (χ2n) is 3.43. The van der Waals surface area contributed by atoms with Crippen LogP contribution in [0.2, 0.25) is 0 Å². The fourth-order valence-electron chi connectivity index (χ4n) is 1.38. The normalized spacial score (nSPS) is 9.74. The largest absolute Gasteiger partial charge is 0.437 e. The first kappa shape index (κ1) is 13.1. The number of rotatable bonds is 4. The van der Waals surface area contributed by atoms with Crippen molar-refractivity contribution in [2.24, 2.45) is 5.84 Å². The van der Waals surface area contributed by atoms with Crippen LogP contribution in [0.3, 0.4) is 0 Å². The molecule has 7 heteroatoms. The van der Waals surface area contributed by atoms with Crippen molar-refractivity contribution in [1.82, 2.24) is 9.97 Å². The molecule has 0 saturated carbocycles. The second-order valence-corrected chi connectivity index (χ2v) is 4.21. The summed E-state index contributed by atoms with van der Waals surface area (Å²) in [6, 6.07) is 10.6. The first-order chi connectivity index (χ1) is 9.26. The number of nitrogens with two attached hydrogens (primary N) is 1. The zero-order chi connectivity index (χ0) is 13.7. The van der Waals surface area contributed by atoms with E-state index in [1.807, 2.05) is 6.26 Å². The summed E-state index contributed by atoms with van der Waals surface area (Å²) in [6.45, 7) is 0. The number of thioether (sulfide) groups is 1. The van der Waals surface area contributed by atoms with Gasteiger partial charge in [0.15, 0.2) is 5.16 Å². The molecule has 0 saturated heterocycles. The van der Waals surface area contributed by atoms with Crippen LogP contribution in [-0.2, 0) is 0 Å². The molecular formula is C12H11N5OS. The van der Waals surface area contributed by atoms with Crippen LogP contribution in [0.5, 0.6) is 11.6 Å². The molecular weight excluding hydrogens is 262 g/mol. The Labute approximate surface area is 114 Å². The lowest BCUT2D eigenvalue weighted by molar-refractivity contribution is 0.454. The van der Waals surface area contributed by atoms with Crippen molar-refractivity contribution >= 4 is 17.6 Å². The summed E-state index contributed by atoms with van der Waals surface area (Å²) in [5.41, 5.74) is 2.89. The van der Waals surface area contributed by atoms with Gasteiger partial charge < -0.3 is 10.2 Å². The molecule has 0 atom stereocenters. The number of nitrogens with one attached hydrogen (secondary N) is 1. The number of nitrogens with zero attached hydrogens (tertiary/aromatic N) is 3. The van der Waals surface area contributed by atoms with Crippen LogP contribution < -0.4 is 16.0 Å². The van der Waals surface area contributed by atoms with E-state index >= 15 is 0 Å². The van der Waals surface area contributed by atoms with Gasteiger partial charge in [-0.25, -0.2) is 10.8 Å². The Hall–Kier alpha value is -2.30. The van der Waals surface area contributed by atoms with Crippen molar-refractivity contribution in [3.8, 4) is 17.7 Å². The molecule has 0 aliphatic carbocycles. The van der Waals surface area contributed by atoms with Crippen molar-refractivity contribution in [2.45, 2.75) is 5.16 Å². The quantitative estimate of drug-likeness (QED) is 0.381. The Morgan fingerprint density at radius 3 is 2.84 bits per heavy atom. The summed E-state index contributed by atoms with van der Waals surface area (Å²) in [5.74, 6) is 6.55. The molecule has 0 spiro atoms. The second kappa shape index (κ2) is 6.04. The lowest BCUT2D eigenvalue weighted by atomic mass is 10.2. The minimum Gasteiger partial charge on any atom is -0.437 e. The number of anilines is 1. The van der Waals surface area contributed by atoms with Crippen LogP contribution in [0.15, 0.2) is 35.5 Å². The van der Waals surface area contributed by atoms with Gasteiger partial charge in [-0.3, -0.25) is 0 Å². The highest BCUT2D eigenvalue weighted by molar-refractivity contribution is 7.98. The highest BCUT2D eigenvalue weighted by atomic mass is 32.2. The highest BCUT2D eigenvalue weighted by Gasteiger charge is 2.08. The highest BCUT2D eigenvalue weighted by Crippen LogP contribution is 2.26. The topological polar surface area (TPSA) is 96.9 Å². The van der Waals surface area contributed by atoms with Gasteiger partial charge >= 0.3 is 0 Å². The minimum atomic E-state index is 0.329. The van der Waals surface area contributed by atoms with E-state index in [0.29, 0.717) is 28.2 Å². The molecule has 0 aliphatic heterocycles. The molecule has 0 bridgehead atoms. The van der Waals surface area contributed by atoms with Crippen LogP contribution in [0.1, 0.15) is 5.56 Å². The number of aromatic nitrogens is 2. The molecule has 1 aromatic heterocycles. The zero-order valence-electron chi connectivity index (χ0n) is 10.1. The standard InChI is InChI=1S/C12H11N5OS/c1-19-12-15-10(17-14)6-11(16-12)18-9-5-3-2-4-8(9)7-13/h2-6H,14H2,1H3,(H,15,16,17). The van der Waals surface area contributed by atoms with E-state index in [9.17, 15) is 0 Å². The molecule has 1 heterocycles. The number of nitrogen functional groups attached to an aromatic ring is 1. The molecule has 1 aromatic carbocycles. The maximum Gasteiger partial charge on any atom is 0.225 e. The van der Waals surface area contributed by atoms with Gasteiger partial charge in [0.05, 0.1) is 5.56 Å². The lowest BCUT2D eigenvalue weighted by Crippen LogP contribution is -2.09. The molecule has 0 radical (unpaired) electrons. The van der Waals surface area contributed by atoms with E-state index in [-0.39, 0.29) is 0 Å². The average Bonchev–Trinajstić information content (AvgIpc) is 2.47. The number of ether oxygens (including phenoxy) is 1. The molecule has 6 nitrogen and oxygen atoms in total. The summed E-state index contributed by atoms with van der Waals surface area (Å²) >= 11 is 1.37. The molecule has 0 unspecified atom stereocenters. The molecule has 2 rings (SSSR count). The van der Waals surface area contributed by atoms with Gasteiger partial charge in [-0.15, -0.1) is 0 Å². The van der Waals surface area contributed by atoms with E-state index in [0.717, 1.165) is 0 Å². The predicted octanol–water partition coefficient (Wildman–Crippen LogP) is 2.15. The molecule has 19 heavy (non-hydrogen) atoms. The van der Waals surface area contributed by atoms with E-state index in [2.05, 4.69) is 21.5 Å². The zero-order valence-corrected chi connectivity index (χ0v) is 10.9. The van der Waals surface area contributed by atoms with E-state index in [1.54, 1.807) is 30.3 Å².